The van der Waals surface area contributed by atoms with Crippen molar-refractivity contribution in [1.82, 2.24) is 5.32 Å². The highest BCUT2D eigenvalue weighted by atomic mass is 16.6. The molecule has 0 aromatic heterocycles. The zero-order valence-electron chi connectivity index (χ0n) is 12.1. The lowest BCUT2D eigenvalue weighted by atomic mass is 9.83. The Labute approximate surface area is 110 Å². The lowest BCUT2D eigenvalue weighted by molar-refractivity contribution is -0.167. The predicted octanol–water partition coefficient (Wildman–Crippen LogP) is 1.86. The average Bonchev–Trinajstić information content (AvgIpc) is 2.28. The van der Waals surface area contributed by atoms with Crippen molar-refractivity contribution in [1.29, 1.82) is 0 Å². The van der Waals surface area contributed by atoms with Crippen LogP contribution >= 0.6 is 0 Å². The molecule has 1 aliphatic rings. The summed E-state index contributed by atoms with van der Waals surface area (Å²) in [6.07, 6.45) is 2.68. The molecular formula is C14H27NO3. The van der Waals surface area contributed by atoms with Gasteiger partial charge in [-0.25, -0.2) is 0 Å². The van der Waals surface area contributed by atoms with Crippen LogP contribution in [0.15, 0.2) is 0 Å². The van der Waals surface area contributed by atoms with Crippen molar-refractivity contribution in [3.05, 3.63) is 0 Å². The third-order valence-corrected chi connectivity index (χ3v) is 3.99. The topological polar surface area (TPSA) is 58.6 Å². The summed E-state index contributed by atoms with van der Waals surface area (Å²) in [5, 5.41) is 13.2. The smallest absolute Gasteiger partial charge is 0.309 e. The lowest BCUT2D eigenvalue weighted by Gasteiger charge is -2.37. The number of esters is 1. The summed E-state index contributed by atoms with van der Waals surface area (Å²) in [7, 11) is 0. The van der Waals surface area contributed by atoms with Crippen LogP contribution in [0, 0.1) is 5.92 Å². The van der Waals surface area contributed by atoms with Crippen LogP contribution in [0.2, 0.25) is 0 Å². The van der Waals surface area contributed by atoms with Gasteiger partial charge in [0.05, 0.1) is 12.0 Å². The third-order valence-electron chi connectivity index (χ3n) is 3.99. The van der Waals surface area contributed by atoms with Gasteiger partial charge < -0.3 is 15.2 Å². The zero-order valence-corrected chi connectivity index (χ0v) is 12.1. The second-order valence-corrected chi connectivity index (χ2v) is 6.13. The van der Waals surface area contributed by atoms with Gasteiger partial charge in [0.25, 0.3) is 0 Å². The lowest BCUT2D eigenvalue weighted by Crippen LogP contribution is -2.43. The van der Waals surface area contributed by atoms with Crippen LogP contribution in [0.4, 0.5) is 0 Å². The number of carbonyl (C=O) groups is 1. The molecule has 1 unspecified atom stereocenters. The first-order chi connectivity index (χ1) is 8.27. The van der Waals surface area contributed by atoms with Crippen molar-refractivity contribution in [2.24, 2.45) is 5.92 Å². The van der Waals surface area contributed by atoms with Gasteiger partial charge in [0.2, 0.25) is 0 Å². The molecule has 106 valence electrons. The van der Waals surface area contributed by atoms with Crippen molar-refractivity contribution in [3.8, 4) is 0 Å². The predicted molar refractivity (Wildman–Crippen MR) is 71.3 cm³/mol. The second-order valence-electron chi connectivity index (χ2n) is 6.13. The zero-order chi connectivity index (χ0) is 13.8. The molecule has 2 N–H and O–H groups in total. The minimum Gasteiger partial charge on any atom is -0.459 e. The van der Waals surface area contributed by atoms with Gasteiger partial charge in [-0.05, 0) is 53.1 Å². The summed E-state index contributed by atoms with van der Waals surface area (Å²) in [6, 6.07) is 0. The molecule has 0 aliphatic carbocycles. The Morgan fingerprint density at radius 3 is 2.39 bits per heavy atom. The van der Waals surface area contributed by atoms with Gasteiger partial charge in [-0.2, -0.15) is 0 Å². The van der Waals surface area contributed by atoms with E-state index < -0.39 is 11.2 Å². The highest BCUT2D eigenvalue weighted by Crippen LogP contribution is 2.30. The maximum Gasteiger partial charge on any atom is 0.309 e. The highest BCUT2D eigenvalue weighted by molar-refractivity contribution is 5.71. The van der Waals surface area contributed by atoms with E-state index in [1.165, 1.54) is 0 Å². The Morgan fingerprint density at radius 2 is 1.89 bits per heavy atom. The molecule has 0 spiro atoms. The van der Waals surface area contributed by atoms with Crippen LogP contribution in [-0.4, -0.2) is 35.4 Å². The maximum absolute atomic E-state index is 11.9. The van der Waals surface area contributed by atoms with Crippen LogP contribution in [-0.2, 0) is 9.53 Å². The van der Waals surface area contributed by atoms with Gasteiger partial charge in [0.15, 0.2) is 0 Å². The fourth-order valence-electron chi connectivity index (χ4n) is 2.37. The minimum absolute atomic E-state index is 0.0674. The van der Waals surface area contributed by atoms with Gasteiger partial charge in [-0.1, -0.05) is 6.92 Å². The molecule has 1 saturated heterocycles. The quantitative estimate of drug-likeness (QED) is 0.738. The molecule has 1 aliphatic heterocycles. The number of nitrogens with one attached hydrogen (secondary N) is 1. The van der Waals surface area contributed by atoms with E-state index in [9.17, 15) is 9.90 Å². The van der Waals surface area contributed by atoms with Crippen LogP contribution in [0.3, 0.4) is 0 Å². The van der Waals surface area contributed by atoms with E-state index in [0.29, 0.717) is 12.3 Å². The van der Waals surface area contributed by atoms with Crippen molar-refractivity contribution in [2.45, 2.75) is 64.6 Å². The van der Waals surface area contributed by atoms with Gasteiger partial charge in [0, 0.05) is 5.92 Å². The van der Waals surface area contributed by atoms with Crippen LogP contribution in [0.1, 0.15) is 53.4 Å². The first-order valence-corrected chi connectivity index (χ1v) is 6.92. The van der Waals surface area contributed by atoms with Gasteiger partial charge in [-0.15, -0.1) is 0 Å². The van der Waals surface area contributed by atoms with E-state index in [1.54, 1.807) is 6.92 Å². The van der Waals surface area contributed by atoms with E-state index in [1.807, 2.05) is 20.8 Å². The average molecular weight is 257 g/mol. The van der Waals surface area contributed by atoms with Gasteiger partial charge in [-0.3, -0.25) is 4.79 Å². The molecule has 0 aromatic carbocycles. The standard InChI is InChI=1S/C14H27NO3/c1-5-14(4,17)10-12(16)18-13(2,3)11-6-8-15-9-7-11/h11,15,17H,5-10H2,1-4H3. The molecule has 0 saturated carbocycles. The molecule has 1 heterocycles. The second kappa shape index (κ2) is 6.02. The Balaban J connectivity index is 2.51. The summed E-state index contributed by atoms with van der Waals surface area (Å²) in [5.41, 5.74) is -1.40. The number of ether oxygens (including phenoxy) is 1. The van der Waals surface area contributed by atoms with E-state index in [-0.39, 0.29) is 12.4 Å². The summed E-state index contributed by atoms with van der Waals surface area (Å²) in [6.45, 7) is 9.46. The molecule has 1 fully saturated rings. The molecule has 1 rings (SSSR count). The van der Waals surface area contributed by atoms with Crippen molar-refractivity contribution >= 4 is 5.97 Å². The Morgan fingerprint density at radius 1 is 1.33 bits per heavy atom. The number of hydrogen-bond donors (Lipinski definition) is 2. The monoisotopic (exact) mass is 257 g/mol. The highest BCUT2D eigenvalue weighted by Gasteiger charge is 2.35. The molecule has 4 heteroatoms. The number of piperidine rings is 1. The fraction of sp³-hybridized carbons (Fsp3) is 0.929. The van der Waals surface area contributed by atoms with E-state index in [4.69, 9.17) is 4.74 Å². The number of carbonyl (C=O) groups excluding carboxylic acids is 1. The molecule has 18 heavy (non-hydrogen) atoms. The Hall–Kier alpha value is -0.610. The van der Waals surface area contributed by atoms with Crippen molar-refractivity contribution < 1.29 is 14.6 Å². The Kier molecular flexibility index (Phi) is 5.17. The van der Waals surface area contributed by atoms with E-state index in [2.05, 4.69) is 5.32 Å². The first-order valence-electron chi connectivity index (χ1n) is 6.92. The summed E-state index contributed by atoms with van der Waals surface area (Å²) in [4.78, 5) is 11.9. The molecular weight excluding hydrogens is 230 g/mol. The number of rotatable bonds is 5. The van der Waals surface area contributed by atoms with Crippen molar-refractivity contribution in [3.63, 3.8) is 0 Å². The van der Waals surface area contributed by atoms with Crippen LogP contribution < -0.4 is 5.32 Å². The summed E-state index contributed by atoms with van der Waals surface area (Å²) >= 11 is 0. The molecule has 0 amide bonds. The van der Waals surface area contributed by atoms with Gasteiger partial charge in [0.1, 0.15) is 5.60 Å². The number of aliphatic hydroxyl groups is 1. The first kappa shape index (κ1) is 15.4. The molecule has 4 nitrogen and oxygen atoms in total. The normalized spacial score (nSPS) is 21.4. The molecule has 0 radical (unpaired) electrons. The van der Waals surface area contributed by atoms with Crippen LogP contribution in [0.5, 0.6) is 0 Å². The van der Waals surface area contributed by atoms with E-state index in [0.717, 1.165) is 25.9 Å². The van der Waals surface area contributed by atoms with Gasteiger partial charge >= 0.3 is 5.97 Å². The maximum atomic E-state index is 11.9. The largest absolute Gasteiger partial charge is 0.459 e. The third kappa shape index (κ3) is 4.58. The summed E-state index contributed by atoms with van der Waals surface area (Å²) < 4.78 is 5.59. The Bertz CT molecular complexity index is 281. The molecule has 0 aromatic rings. The van der Waals surface area contributed by atoms with Crippen molar-refractivity contribution in [2.75, 3.05) is 13.1 Å². The fourth-order valence-corrected chi connectivity index (χ4v) is 2.37. The van der Waals surface area contributed by atoms with Crippen LogP contribution in [0.25, 0.3) is 0 Å². The minimum atomic E-state index is -0.957. The molecule has 1 atom stereocenters. The van der Waals surface area contributed by atoms with E-state index >= 15 is 0 Å². The summed E-state index contributed by atoms with van der Waals surface area (Å²) in [5.74, 6) is 0.0969. The number of hydrogen-bond acceptors (Lipinski definition) is 4. The molecule has 0 bridgehead atoms. The SMILES string of the molecule is CCC(C)(O)CC(=O)OC(C)(C)C1CCNCC1.